The van der Waals surface area contributed by atoms with Crippen LogP contribution in [0.5, 0.6) is 0 Å². The molecule has 1 amide bonds. The summed E-state index contributed by atoms with van der Waals surface area (Å²) >= 11 is 0. The third-order valence-electron chi connectivity index (χ3n) is 3.98. The van der Waals surface area contributed by atoms with Crippen molar-refractivity contribution >= 4 is 15.9 Å². The van der Waals surface area contributed by atoms with Crippen LogP contribution < -0.4 is 10.0 Å². The molecule has 1 aromatic rings. The van der Waals surface area contributed by atoms with Gasteiger partial charge in [0.15, 0.2) is 5.76 Å². The maximum atomic E-state index is 12.2. The van der Waals surface area contributed by atoms with Crippen LogP contribution in [0.25, 0.3) is 0 Å². The van der Waals surface area contributed by atoms with Gasteiger partial charge in [-0.1, -0.05) is 50.6 Å². The maximum absolute atomic E-state index is 12.2. The highest BCUT2D eigenvalue weighted by atomic mass is 32.2. The molecule has 8 heteroatoms. The number of amides is 1. The van der Waals surface area contributed by atoms with Crippen molar-refractivity contribution in [3.63, 3.8) is 0 Å². The lowest BCUT2D eigenvalue weighted by molar-refractivity contribution is -0.120. The number of nitrogens with zero attached hydrogens (tertiary/aromatic N) is 1. The topological polar surface area (TPSA) is 101 Å². The van der Waals surface area contributed by atoms with Gasteiger partial charge in [0, 0.05) is 19.5 Å². The predicted octanol–water partition coefficient (Wildman–Crippen LogP) is 2.83. The molecule has 0 fully saturated rings. The van der Waals surface area contributed by atoms with E-state index in [0.29, 0.717) is 12.2 Å². The number of hydrogen-bond donors (Lipinski definition) is 2. The van der Waals surface area contributed by atoms with Crippen molar-refractivity contribution in [3.8, 4) is 0 Å². The lowest BCUT2D eigenvalue weighted by atomic mass is 10.1. The Morgan fingerprint density at radius 2 is 1.68 bits per heavy atom. The Bertz CT molecular complexity index is 606. The minimum atomic E-state index is -3.70. The molecular weight excluding hydrogens is 342 g/mol. The molecule has 0 aliphatic heterocycles. The monoisotopic (exact) mass is 373 g/mol. The van der Waals surface area contributed by atoms with Crippen molar-refractivity contribution in [1.82, 2.24) is 15.2 Å². The van der Waals surface area contributed by atoms with Crippen molar-refractivity contribution < 1.29 is 17.7 Å². The second kappa shape index (κ2) is 11.3. The number of rotatable bonds is 13. The van der Waals surface area contributed by atoms with Crippen LogP contribution in [0.15, 0.2) is 9.42 Å². The molecule has 0 radical (unpaired) electrons. The van der Waals surface area contributed by atoms with Gasteiger partial charge in [0.25, 0.3) is 0 Å². The first-order chi connectivity index (χ1) is 11.9. The van der Waals surface area contributed by atoms with Gasteiger partial charge in [-0.25, -0.2) is 13.1 Å². The Balaban J connectivity index is 2.16. The smallest absolute Gasteiger partial charge is 0.245 e. The number of carbonyl (C=O) groups is 1. The summed E-state index contributed by atoms with van der Waals surface area (Å²) in [4.78, 5) is 11.8. The predicted molar refractivity (Wildman–Crippen MR) is 96.8 cm³/mol. The Morgan fingerprint density at radius 1 is 1.04 bits per heavy atom. The first-order valence-electron chi connectivity index (χ1n) is 9.07. The fourth-order valence-corrected chi connectivity index (χ4v) is 3.98. The number of nitrogens with one attached hydrogen (secondary N) is 2. The van der Waals surface area contributed by atoms with Crippen LogP contribution in [0, 0.1) is 13.8 Å². The summed E-state index contributed by atoms with van der Waals surface area (Å²) in [5, 5.41) is 6.46. The van der Waals surface area contributed by atoms with E-state index in [4.69, 9.17) is 4.52 Å². The first-order valence-corrected chi connectivity index (χ1v) is 10.6. The second-order valence-electron chi connectivity index (χ2n) is 6.27. The minimum Gasteiger partial charge on any atom is -0.360 e. The van der Waals surface area contributed by atoms with E-state index in [1.807, 2.05) is 0 Å². The molecule has 144 valence electrons. The highest BCUT2D eigenvalue weighted by Crippen LogP contribution is 2.18. The van der Waals surface area contributed by atoms with Gasteiger partial charge >= 0.3 is 0 Å². The van der Waals surface area contributed by atoms with Crippen LogP contribution in [-0.4, -0.2) is 32.6 Å². The van der Waals surface area contributed by atoms with E-state index < -0.39 is 10.0 Å². The molecule has 1 rings (SSSR count). The van der Waals surface area contributed by atoms with Crippen molar-refractivity contribution in [1.29, 1.82) is 0 Å². The van der Waals surface area contributed by atoms with Gasteiger partial charge in [0.1, 0.15) is 10.6 Å². The van der Waals surface area contributed by atoms with Crippen LogP contribution in [0.4, 0.5) is 0 Å². The zero-order valence-electron chi connectivity index (χ0n) is 15.6. The van der Waals surface area contributed by atoms with Crippen LogP contribution in [0.2, 0.25) is 0 Å². The largest absolute Gasteiger partial charge is 0.360 e. The standard InChI is InChI=1S/C17H31N3O4S/c1-4-5-6-7-8-9-10-12-18-16(21)11-13-19-25(22,23)17-14(2)20-24-15(17)3/h19H,4-13H2,1-3H3,(H,18,21). The average Bonchev–Trinajstić information content (AvgIpc) is 2.89. The molecule has 25 heavy (non-hydrogen) atoms. The highest BCUT2D eigenvalue weighted by Gasteiger charge is 2.23. The zero-order chi connectivity index (χ0) is 18.7. The lowest BCUT2D eigenvalue weighted by Crippen LogP contribution is -2.31. The molecule has 0 atom stereocenters. The van der Waals surface area contributed by atoms with Crippen LogP contribution in [0.1, 0.15) is 69.7 Å². The van der Waals surface area contributed by atoms with Crippen LogP contribution in [0.3, 0.4) is 0 Å². The number of hydrogen-bond acceptors (Lipinski definition) is 5. The number of aryl methyl sites for hydroxylation is 2. The number of sulfonamides is 1. The molecule has 1 aromatic heterocycles. The minimum absolute atomic E-state index is 0.0508. The molecule has 1 heterocycles. The van der Waals surface area contributed by atoms with Gasteiger partial charge in [-0.15, -0.1) is 0 Å². The average molecular weight is 374 g/mol. The fourth-order valence-electron chi connectivity index (χ4n) is 2.63. The third-order valence-corrected chi connectivity index (χ3v) is 5.69. The lowest BCUT2D eigenvalue weighted by Gasteiger charge is -2.07. The van der Waals surface area contributed by atoms with Crippen molar-refractivity contribution in [2.75, 3.05) is 13.1 Å². The SMILES string of the molecule is CCCCCCCCCNC(=O)CCNS(=O)(=O)c1c(C)noc1C. The first kappa shape index (κ1) is 21.6. The van der Waals surface area contributed by atoms with Crippen LogP contribution >= 0.6 is 0 Å². The Kier molecular flexibility index (Phi) is 9.74. The van der Waals surface area contributed by atoms with E-state index in [0.717, 1.165) is 12.8 Å². The molecular formula is C17H31N3O4S. The van der Waals surface area contributed by atoms with E-state index in [2.05, 4.69) is 22.1 Å². The summed E-state index contributed by atoms with van der Waals surface area (Å²) in [6.45, 7) is 6.01. The summed E-state index contributed by atoms with van der Waals surface area (Å²) < 4.78 is 31.6. The Hall–Kier alpha value is -1.41. The number of aromatic nitrogens is 1. The summed E-state index contributed by atoms with van der Waals surface area (Å²) in [5.74, 6) is 0.0980. The van der Waals surface area contributed by atoms with Crippen molar-refractivity contribution in [2.24, 2.45) is 0 Å². The van der Waals surface area contributed by atoms with Gasteiger partial charge in [0.05, 0.1) is 0 Å². The summed E-state index contributed by atoms with van der Waals surface area (Å²) in [7, 11) is -3.70. The van der Waals surface area contributed by atoms with E-state index in [-0.39, 0.29) is 29.5 Å². The molecule has 0 saturated carbocycles. The van der Waals surface area contributed by atoms with E-state index in [1.54, 1.807) is 13.8 Å². The third kappa shape index (κ3) is 8.00. The second-order valence-corrected chi connectivity index (χ2v) is 7.98. The zero-order valence-corrected chi connectivity index (χ0v) is 16.4. The quantitative estimate of drug-likeness (QED) is 0.518. The number of carbonyl (C=O) groups excluding carboxylic acids is 1. The molecule has 0 saturated heterocycles. The summed E-state index contributed by atoms with van der Waals surface area (Å²) in [5.41, 5.74) is 0.313. The molecule has 0 aromatic carbocycles. The molecule has 0 unspecified atom stereocenters. The molecule has 7 nitrogen and oxygen atoms in total. The maximum Gasteiger partial charge on any atom is 0.245 e. The normalized spacial score (nSPS) is 11.6. The van der Waals surface area contributed by atoms with Crippen LogP contribution in [-0.2, 0) is 14.8 Å². The summed E-state index contributed by atoms with van der Waals surface area (Å²) in [6.07, 6.45) is 8.47. The van der Waals surface area contributed by atoms with Gasteiger partial charge in [0.2, 0.25) is 15.9 Å². The van der Waals surface area contributed by atoms with Gasteiger partial charge < -0.3 is 9.84 Å². The fraction of sp³-hybridized carbons (Fsp3) is 0.765. The molecule has 0 spiro atoms. The number of unbranched alkanes of at least 4 members (excludes halogenated alkanes) is 6. The van der Waals surface area contributed by atoms with E-state index >= 15 is 0 Å². The molecule has 0 bridgehead atoms. The highest BCUT2D eigenvalue weighted by molar-refractivity contribution is 7.89. The van der Waals surface area contributed by atoms with Crippen molar-refractivity contribution in [3.05, 3.63) is 11.5 Å². The van der Waals surface area contributed by atoms with E-state index in [9.17, 15) is 13.2 Å². The van der Waals surface area contributed by atoms with Crippen molar-refractivity contribution in [2.45, 2.75) is 77.0 Å². The summed E-state index contributed by atoms with van der Waals surface area (Å²) in [6, 6.07) is 0. The molecule has 2 N–H and O–H groups in total. The van der Waals surface area contributed by atoms with Gasteiger partial charge in [-0.2, -0.15) is 0 Å². The van der Waals surface area contributed by atoms with Gasteiger partial charge in [-0.05, 0) is 20.3 Å². The molecule has 0 aliphatic carbocycles. The molecule has 0 aliphatic rings. The Labute approximate surface area is 151 Å². The van der Waals surface area contributed by atoms with Gasteiger partial charge in [-0.3, -0.25) is 4.79 Å². The Morgan fingerprint density at radius 3 is 2.28 bits per heavy atom. The van der Waals surface area contributed by atoms with E-state index in [1.165, 1.54) is 32.1 Å².